The van der Waals surface area contributed by atoms with Crippen LogP contribution in [0.25, 0.3) is 0 Å². The molecule has 1 aliphatic carbocycles. The molecule has 1 saturated heterocycles. The van der Waals surface area contributed by atoms with Gasteiger partial charge in [-0.3, -0.25) is 19.3 Å². The minimum Gasteiger partial charge on any atom is -0.455 e. The zero-order valence-electron chi connectivity index (χ0n) is 16.1. The Hall–Kier alpha value is -3.41. The fraction of sp³-hybridized carbons (Fsp3) is 0.261. The number of anilines is 1. The summed E-state index contributed by atoms with van der Waals surface area (Å²) in [4.78, 5) is 38.8. The second-order valence-corrected chi connectivity index (χ2v) is 7.38. The second kappa shape index (κ2) is 7.91. The van der Waals surface area contributed by atoms with Crippen LogP contribution in [0, 0.1) is 18.8 Å². The summed E-state index contributed by atoms with van der Waals surface area (Å²) in [5, 5.41) is 2.77. The van der Waals surface area contributed by atoms with Gasteiger partial charge in [-0.1, -0.05) is 42.0 Å². The topological polar surface area (TPSA) is 75.7 Å². The lowest BCUT2D eigenvalue weighted by molar-refractivity contribution is -0.142. The average molecular weight is 390 g/mol. The third-order valence-electron chi connectivity index (χ3n) is 5.31. The molecule has 2 atom stereocenters. The van der Waals surface area contributed by atoms with E-state index in [4.69, 9.17) is 4.74 Å². The van der Waals surface area contributed by atoms with Crippen LogP contribution >= 0.6 is 0 Å². The molecule has 0 spiro atoms. The number of likely N-dealkylation sites (tertiary alicyclic amines) is 1. The maximum absolute atomic E-state index is 12.6. The van der Waals surface area contributed by atoms with Gasteiger partial charge in [-0.2, -0.15) is 0 Å². The molecule has 1 N–H and O–H groups in total. The predicted molar refractivity (Wildman–Crippen MR) is 108 cm³/mol. The number of fused-ring (bicyclic) bond motifs is 1. The van der Waals surface area contributed by atoms with E-state index in [0.717, 1.165) is 10.5 Å². The molecule has 6 heteroatoms. The predicted octanol–water partition coefficient (Wildman–Crippen LogP) is 3.68. The molecule has 2 aromatic rings. The number of hydrogen-bond acceptors (Lipinski definition) is 4. The van der Waals surface area contributed by atoms with Crippen molar-refractivity contribution in [1.29, 1.82) is 0 Å². The molecule has 1 aliphatic heterocycles. The van der Waals surface area contributed by atoms with Crippen LogP contribution in [0.3, 0.4) is 0 Å². The number of imide groups is 1. The summed E-state index contributed by atoms with van der Waals surface area (Å²) in [5.41, 5.74) is 1.60. The zero-order valence-corrected chi connectivity index (χ0v) is 16.1. The van der Waals surface area contributed by atoms with Gasteiger partial charge >= 0.3 is 0 Å². The lowest BCUT2D eigenvalue weighted by Crippen LogP contribution is -2.38. The first-order chi connectivity index (χ1) is 14.0. The van der Waals surface area contributed by atoms with E-state index in [1.807, 2.05) is 49.4 Å². The number of amides is 3. The Morgan fingerprint density at radius 2 is 1.62 bits per heavy atom. The maximum atomic E-state index is 12.6. The van der Waals surface area contributed by atoms with Crippen molar-refractivity contribution in [3.05, 3.63) is 66.2 Å². The van der Waals surface area contributed by atoms with Gasteiger partial charge in [0.2, 0.25) is 17.7 Å². The summed E-state index contributed by atoms with van der Waals surface area (Å²) in [6.07, 6.45) is 4.96. The quantitative estimate of drug-likeness (QED) is 0.624. The largest absolute Gasteiger partial charge is 0.455 e. The lowest BCUT2D eigenvalue weighted by Gasteiger charge is -2.16. The van der Waals surface area contributed by atoms with Crippen molar-refractivity contribution in [2.75, 3.05) is 11.9 Å². The van der Waals surface area contributed by atoms with E-state index in [9.17, 15) is 14.4 Å². The van der Waals surface area contributed by atoms with Crippen LogP contribution in [0.2, 0.25) is 0 Å². The van der Waals surface area contributed by atoms with Gasteiger partial charge in [0.05, 0.1) is 17.5 Å². The molecule has 2 unspecified atom stereocenters. The molecule has 2 aliphatic rings. The van der Waals surface area contributed by atoms with Crippen LogP contribution in [0.1, 0.15) is 18.4 Å². The summed E-state index contributed by atoms with van der Waals surface area (Å²) in [6.45, 7) is 1.70. The van der Waals surface area contributed by atoms with Crippen LogP contribution in [-0.4, -0.2) is 29.2 Å². The van der Waals surface area contributed by atoms with Crippen molar-refractivity contribution in [1.82, 2.24) is 4.90 Å². The van der Waals surface area contributed by atoms with E-state index in [2.05, 4.69) is 5.32 Å². The Labute approximate surface area is 169 Å². The molecular weight excluding hydrogens is 368 g/mol. The van der Waals surface area contributed by atoms with E-state index in [0.29, 0.717) is 30.0 Å². The highest BCUT2D eigenvalue weighted by Crippen LogP contribution is 2.35. The summed E-state index contributed by atoms with van der Waals surface area (Å²) >= 11 is 0. The molecule has 1 heterocycles. The third-order valence-corrected chi connectivity index (χ3v) is 5.31. The van der Waals surface area contributed by atoms with Crippen LogP contribution in [0.4, 0.5) is 5.69 Å². The molecule has 3 amide bonds. The van der Waals surface area contributed by atoms with E-state index < -0.39 is 5.91 Å². The zero-order chi connectivity index (χ0) is 20.4. The first-order valence-electron chi connectivity index (χ1n) is 9.66. The Morgan fingerprint density at radius 1 is 1.00 bits per heavy atom. The van der Waals surface area contributed by atoms with Gasteiger partial charge < -0.3 is 10.1 Å². The van der Waals surface area contributed by atoms with Crippen molar-refractivity contribution in [2.45, 2.75) is 19.8 Å². The van der Waals surface area contributed by atoms with Gasteiger partial charge in [-0.15, -0.1) is 0 Å². The van der Waals surface area contributed by atoms with Crippen molar-refractivity contribution < 1.29 is 19.1 Å². The fourth-order valence-corrected chi connectivity index (χ4v) is 3.75. The van der Waals surface area contributed by atoms with Crippen LogP contribution in [0.5, 0.6) is 11.5 Å². The van der Waals surface area contributed by atoms with Crippen molar-refractivity contribution >= 4 is 23.4 Å². The van der Waals surface area contributed by atoms with Gasteiger partial charge in [0.15, 0.2) is 5.75 Å². The molecule has 0 radical (unpaired) electrons. The molecular formula is C23H22N2O4. The molecule has 29 heavy (non-hydrogen) atoms. The highest BCUT2D eigenvalue weighted by Gasteiger charge is 2.47. The number of rotatable bonds is 5. The highest BCUT2D eigenvalue weighted by molar-refractivity contribution is 6.09. The number of carbonyl (C=O) groups excluding carboxylic acids is 3. The number of nitrogens with one attached hydrogen (secondary N) is 1. The van der Waals surface area contributed by atoms with E-state index in [1.165, 1.54) is 0 Å². The number of hydrogen-bond donors (Lipinski definition) is 1. The van der Waals surface area contributed by atoms with Gasteiger partial charge in [-0.25, -0.2) is 0 Å². The molecule has 0 aromatic heterocycles. The van der Waals surface area contributed by atoms with Crippen molar-refractivity contribution in [3.63, 3.8) is 0 Å². The van der Waals surface area contributed by atoms with E-state index in [1.54, 1.807) is 18.2 Å². The number of carbonyl (C=O) groups is 3. The Kier molecular flexibility index (Phi) is 5.16. The van der Waals surface area contributed by atoms with Crippen LogP contribution < -0.4 is 10.1 Å². The summed E-state index contributed by atoms with van der Waals surface area (Å²) < 4.78 is 5.88. The first-order valence-corrected chi connectivity index (χ1v) is 9.66. The van der Waals surface area contributed by atoms with Crippen molar-refractivity contribution in [2.24, 2.45) is 11.8 Å². The highest BCUT2D eigenvalue weighted by atomic mass is 16.5. The van der Waals surface area contributed by atoms with Crippen LogP contribution in [0.15, 0.2) is 60.7 Å². The number of allylic oxidation sites excluding steroid dienone is 2. The average Bonchev–Trinajstić information content (AvgIpc) is 2.96. The smallest absolute Gasteiger partial charge is 0.244 e. The van der Waals surface area contributed by atoms with Crippen LogP contribution in [-0.2, 0) is 14.4 Å². The Balaban J connectivity index is 1.44. The standard InChI is InChI=1S/C23H22N2O4/c1-15-10-12-16(13-11-15)29-20-9-5-4-8-19(20)24-21(26)14-25-22(27)17-6-2-3-7-18(17)23(25)28/h2-5,8-13,17-18H,6-7,14H2,1H3,(H,24,26). The van der Waals surface area contributed by atoms with Gasteiger partial charge in [0, 0.05) is 0 Å². The Morgan fingerprint density at radius 3 is 2.28 bits per heavy atom. The van der Waals surface area contributed by atoms with E-state index >= 15 is 0 Å². The summed E-state index contributed by atoms with van der Waals surface area (Å²) in [6, 6.07) is 14.6. The summed E-state index contributed by atoms with van der Waals surface area (Å²) in [5.74, 6) is -0.485. The lowest BCUT2D eigenvalue weighted by atomic mass is 9.85. The monoisotopic (exact) mass is 390 g/mol. The number of benzene rings is 2. The Bertz CT molecular complexity index is 955. The molecule has 148 valence electrons. The molecule has 2 aromatic carbocycles. The SMILES string of the molecule is Cc1ccc(Oc2ccccc2NC(=O)CN2C(=O)C3CC=CCC3C2=O)cc1. The molecule has 4 rings (SSSR count). The molecule has 0 saturated carbocycles. The number of aryl methyl sites for hydroxylation is 1. The normalized spacial score (nSPS) is 20.5. The molecule has 6 nitrogen and oxygen atoms in total. The summed E-state index contributed by atoms with van der Waals surface area (Å²) in [7, 11) is 0. The second-order valence-electron chi connectivity index (χ2n) is 7.38. The minimum absolute atomic E-state index is 0.260. The number of para-hydroxylation sites is 2. The van der Waals surface area contributed by atoms with Gasteiger partial charge in [-0.05, 0) is 44.0 Å². The van der Waals surface area contributed by atoms with Gasteiger partial charge in [0.25, 0.3) is 0 Å². The fourth-order valence-electron chi connectivity index (χ4n) is 3.75. The molecule has 1 fully saturated rings. The maximum Gasteiger partial charge on any atom is 0.244 e. The van der Waals surface area contributed by atoms with Gasteiger partial charge in [0.1, 0.15) is 12.3 Å². The van der Waals surface area contributed by atoms with E-state index in [-0.39, 0.29) is 30.2 Å². The number of ether oxygens (including phenoxy) is 1. The minimum atomic E-state index is -0.432. The number of nitrogens with zero attached hydrogens (tertiary/aromatic N) is 1. The third kappa shape index (κ3) is 3.92. The first kappa shape index (κ1) is 18.9. The van der Waals surface area contributed by atoms with Crippen molar-refractivity contribution in [3.8, 4) is 11.5 Å². The molecule has 0 bridgehead atoms.